The van der Waals surface area contributed by atoms with E-state index >= 15 is 0 Å². The summed E-state index contributed by atoms with van der Waals surface area (Å²) >= 11 is 1.42. The van der Waals surface area contributed by atoms with Crippen molar-refractivity contribution in [1.29, 1.82) is 0 Å². The maximum absolute atomic E-state index is 13.0. The highest BCUT2D eigenvalue weighted by molar-refractivity contribution is 7.22. The van der Waals surface area contributed by atoms with Crippen LogP contribution in [0.3, 0.4) is 0 Å². The fourth-order valence-corrected chi connectivity index (χ4v) is 3.39. The summed E-state index contributed by atoms with van der Waals surface area (Å²) in [5.74, 6) is -0.656. The molecule has 0 saturated heterocycles. The third-order valence-corrected chi connectivity index (χ3v) is 4.61. The second kappa shape index (κ2) is 6.10. The first kappa shape index (κ1) is 15.5. The number of nitrogens with zero attached hydrogens (tertiary/aromatic N) is 3. The molecule has 0 radical (unpaired) electrons. The zero-order valence-electron chi connectivity index (χ0n) is 13.2. The fraction of sp³-hybridized carbons (Fsp3) is 0.0556. The van der Waals surface area contributed by atoms with Gasteiger partial charge >= 0.3 is 0 Å². The molecule has 0 atom stereocenters. The molecule has 0 bridgehead atoms. The van der Waals surface area contributed by atoms with Gasteiger partial charge in [0.1, 0.15) is 5.82 Å². The normalized spacial score (nSPS) is 11.0. The van der Waals surface area contributed by atoms with Crippen molar-refractivity contribution >= 4 is 32.6 Å². The molecule has 0 saturated carbocycles. The van der Waals surface area contributed by atoms with Crippen LogP contribution in [0.2, 0.25) is 0 Å². The Bertz CT molecular complexity index is 1070. The van der Waals surface area contributed by atoms with Gasteiger partial charge in [-0.15, -0.1) is 0 Å². The number of carbonyl (C=O) groups is 1. The number of nitrogens with one attached hydrogen (secondary N) is 1. The number of thiazole rings is 1. The lowest BCUT2D eigenvalue weighted by Crippen LogP contribution is -2.13. The zero-order valence-corrected chi connectivity index (χ0v) is 14.0. The van der Waals surface area contributed by atoms with Crippen molar-refractivity contribution in [2.24, 2.45) is 0 Å². The minimum Gasteiger partial charge on any atom is -0.296 e. The Hall–Kier alpha value is -3.06. The molecule has 0 aliphatic heterocycles. The fourth-order valence-electron chi connectivity index (χ4n) is 2.43. The number of hydrogen-bond donors (Lipinski definition) is 1. The second-order valence-electron chi connectivity index (χ2n) is 5.57. The number of halogens is 1. The smallest absolute Gasteiger partial charge is 0.277 e. The van der Waals surface area contributed by atoms with Crippen molar-refractivity contribution in [2.45, 2.75) is 6.92 Å². The molecule has 0 aliphatic carbocycles. The van der Waals surface area contributed by atoms with Gasteiger partial charge in [-0.3, -0.25) is 10.1 Å². The Morgan fingerprint density at radius 3 is 2.76 bits per heavy atom. The van der Waals surface area contributed by atoms with Crippen molar-refractivity contribution in [2.75, 3.05) is 5.32 Å². The van der Waals surface area contributed by atoms with Gasteiger partial charge in [-0.05, 0) is 55.0 Å². The summed E-state index contributed by atoms with van der Waals surface area (Å²) < 4.78 is 15.5. The van der Waals surface area contributed by atoms with Crippen LogP contribution in [0.4, 0.5) is 9.52 Å². The minimum atomic E-state index is -0.336. The van der Waals surface area contributed by atoms with Gasteiger partial charge in [0, 0.05) is 6.20 Å². The molecular formula is C18H13FN4OS. The van der Waals surface area contributed by atoms with Gasteiger partial charge in [-0.1, -0.05) is 17.4 Å². The Balaban J connectivity index is 1.55. The van der Waals surface area contributed by atoms with Gasteiger partial charge < -0.3 is 0 Å². The summed E-state index contributed by atoms with van der Waals surface area (Å²) in [5.41, 5.74) is 2.94. The van der Waals surface area contributed by atoms with Gasteiger partial charge in [0.2, 0.25) is 0 Å². The number of hydrogen-bond acceptors (Lipinski definition) is 4. The van der Waals surface area contributed by atoms with E-state index in [1.807, 2.05) is 25.1 Å². The number of fused-ring (bicyclic) bond motifs is 1. The van der Waals surface area contributed by atoms with E-state index in [2.05, 4.69) is 15.4 Å². The first-order valence-corrected chi connectivity index (χ1v) is 8.40. The van der Waals surface area contributed by atoms with Crippen molar-refractivity contribution in [3.8, 4) is 5.69 Å². The number of carbonyl (C=O) groups excluding carboxylic acids is 1. The van der Waals surface area contributed by atoms with Crippen LogP contribution < -0.4 is 5.32 Å². The van der Waals surface area contributed by atoms with Crippen LogP contribution in [-0.4, -0.2) is 20.7 Å². The molecular weight excluding hydrogens is 339 g/mol. The molecule has 1 amide bonds. The molecule has 2 aromatic heterocycles. The predicted molar refractivity (Wildman–Crippen MR) is 95.8 cm³/mol. The highest BCUT2D eigenvalue weighted by Crippen LogP contribution is 2.26. The van der Waals surface area contributed by atoms with E-state index in [0.717, 1.165) is 15.8 Å². The molecule has 2 aromatic carbocycles. The van der Waals surface area contributed by atoms with E-state index in [4.69, 9.17) is 0 Å². The Kier molecular flexibility index (Phi) is 3.77. The Morgan fingerprint density at radius 1 is 1.16 bits per heavy atom. The lowest BCUT2D eigenvalue weighted by Gasteiger charge is -2.01. The van der Waals surface area contributed by atoms with Gasteiger partial charge in [0.25, 0.3) is 5.91 Å². The summed E-state index contributed by atoms with van der Waals surface area (Å²) in [7, 11) is 0. The highest BCUT2D eigenvalue weighted by Gasteiger charge is 2.13. The lowest BCUT2D eigenvalue weighted by molar-refractivity contribution is 0.102. The van der Waals surface area contributed by atoms with E-state index in [1.165, 1.54) is 28.2 Å². The second-order valence-corrected chi connectivity index (χ2v) is 6.60. The van der Waals surface area contributed by atoms with Gasteiger partial charge in [0.15, 0.2) is 10.8 Å². The van der Waals surface area contributed by atoms with E-state index < -0.39 is 0 Å². The van der Waals surface area contributed by atoms with Crippen molar-refractivity contribution in [3.63, 3.8) is 0 Å². The van der Waals surface area contributed by atoms with E-state index in [-0.39, 0.29) is 17.4 Å². The van der Waals surface area contributed by atoms with Crippen molar-refractivity contribution in [3.05, 3.63) is 71.8 Å². The summed E-state index contributed by atoms with van der Waals surface area (Å²) in [6, 6.07) is 13.4. The molecule has 0 spiro atoms. The van der Waals surface area contributed by atoms with Crippen LogP contribution >= 0.6 is 11.3 Å². The SMILES string of the molecule is Cc1ccc2nc(NC(=O)c3ccn(-c4ccc(F)cc4)n3)sc2c1. The molecule has 2 heterocycles. The summed E-state index contributed by atoms with van der Waals surface area (Å²) in [6.07, 6.45) is 1.66. The van der Waals surface area contributed by atoms with Crippen LogP contribution in [-0.2, 0) is 0 Å². The highest BCUT2D eigenvalue weighted by atomic mass is 32.1. The number of aryl methyl sites for hydroxylation is 1. The minimum absolute atomic E-state index is 0.264. The van der Waals surface area contributed by atoms with Crippen LogP contribution in [0.5, 0.6) is 0 Å². The molecule has 5 nitrogen and oxygen atoms in total. The van der Waals surface area contributed by atoms with Gasteiger partial charge in [0.05, 0.1) is 15.9 Å². The Morgan fingerprint density at radius 2 is 1.96 bits per heavy atom. The number of aromatic nitrogens is 3. The molecule has 124 valence electrons. The third kappa shape index (κ3) is 3.14. The van der Waals surface area contributed by atoms with E-state index in [9.17, 15) is 9.18 Å². The average Bonchev–Trinajstić information content (AvgIpc) is 3.21. The lowest BCUT2D eigenvalue weighted by atomic mass is 10.2. The largest absolute Gasteiger partial charge is 0.296 e. The molecule has 0 unspecified atom stereocenters. The Labute approximate surface area is 146 Å². The van der Waals surface area contributed by atoms with Crippen LogP contribution in [0.1, 0.15) is 16.1 Å². The summed E-state index contributed by atoms with van der Waals surface area (Å²) in [5, 5.41) is 7.54. The molecule has 0 fully saturated rings. The number of amides is 1. The molecule has 1 N–H and O–H groups in total. The van der Waals surface area contributed by atoms with Gasteiger partial charge in [-0.25, -0.2) is 14.1 Å². The molecule has 0 aliphatic rings. The summed E-state index contributed by atoms with van der Waals surface area (Å²) in [6.45, 7) is 2.01. The number of rotatable bonds is 3. The molecule has 25 heavy (non-hydrogen) atoms. The maximum Gasteiger partial charge on any atom is 0.277 e. The van der Waals surface area contributed by atoms with Crippen molar-refractivity contribution in [1.82, 2.24) is 14.8 Å². The average molecular weight is 352 g/mol. The quantitative estimate of drug-likeness (QED) is 0.602. The van der Waals surface area contributed by atoms with Crippen LogP contribution in [0.25, 0.3) is 15.9 Å². The van der Waals surface area contributed by atoms with Crippen LogP contribution in [0.15, 0.2) is 54.7 Å². The van der Waals surface area contributed by atoms with Crippen molar-refractivity contribution < 1.29 is 9.18 Å². The first-order valence-electron chi connectivity index (χ1n) is 7.59. The maximum atomic E-state index is 13.0. The molecule has 4 aromatic rings. The number of benzene rings is 2. The topological polar surface area (TPSA) is 59.8 Å². The molecule has 7 heteroatoms. The van der Waals surface area contributed by atoms with Crippen LogP contribution in [0, 0.1) is 12.7 Å². The van der Waals surface area contributed by atoms with E-state index in [0.29, 0.717) is 10.8 Å². The standard InChI is InChI=1S/C18H13FN4OS/c1-11-2-7-14-16(10-11)25-18(20-14)21-17(24)15-8-9-23(22-15)13-5-3-12(19)4-6-13/h2-10H,1H3,(H,20,21,24). The monoisotopic (exact) mass is 352 g/mol. The predicted octanol–water partition coefficient (Wildman–Crippen LogP) is 4.18. The summed E-state index contributed by atoms with van der Waals surface area (Å²) in [4.78, 5) is 16.8. The third-order valence-electron chi connectivity index (χ3n) is 3.68. The number of anilines is 1. The molecule has 4 rings (SSSR count). The van der Waals surface area contributed by atoms with E-state index in [1.54, 1.807) is 24.4 Å². The first-order chi connectivity index (χ1) is 12.1. The zero-order chi connectivity index (χ0) is 17.4. The van der Waals surface area contributed by atoms with Gasteiger partial charge in [-0.2, -0.15) is 5.10 Å².